The van der Waals surface area contributed by atoms with Crippen LogP contribution < -0.4 is 10.9 Å². The lowest BCUT2D eigenvalue weighted by Crippen LogP contribution is -2.41. The fourth-order valence-corrected chi connectivity index (χ4v) is 4.18. The van der Waals surface area contributed by atoms with E-state index in [0.717, 1.165) is 11.5 Å². The lowest BCUT2D eigenvalue weighted by atomic mass is 9.77. The first kappa shape index (κ1) is 20.1. The van der Waals surface area contributed by atoms with E-state index in [1.165, 1.54) is 44.1 Å². The highest BCUT2D eigenvalue weighted by atomic mass is 16.2. The van der Waals surface area contributed by atoms with Crippen molar-refractivity contribution < 1.29 is 9.59 Å². The number of carbonyl (C=O) groups excluding carboxylic acids is 2. The normalized spacial score (nSPS) is 19.1. The molecule has 0 atom stereocenters. The van der Waals surface area contributed by atoms with E-state index < -0.39 is 0 Å². The van der Waals surface area contributed by atoms with E-state index in [1.807, 2.05) is 31.2 Å². The van der Waals surface area contributed by atoms with Gasteiger partial charge in [-0.3, -0.25) is 20.4 Å². The average Bonchev–Trinajstić information content (AvgIpc) is 2.73. The zero-order chi connectivity index (χ0) is 19.9. The van der Waals surface area contributed by atoms with Gasteiger partial charge >= 0.3 is 0 Å². The summed E-state index contributed by atoms with van der Waals surface area (Å²) in [6.07, 6.45) is 7.72. The van der Waals surface area contributed by atoms with Gasteiger partial charge in [-0.2, -0.15) is 0 Å². The Balaban J connectivity index is 1.53. The van der Waals surface area contributed by atoms with E-state index in [1.54, 1.807) is 12.1 Å². The minimum atomic E-state index is -0.313. The molecule has 4 heteroatoms. The van der Waals surface area contributed by atoms with Crippen molar-refractivity contribution in [3.05, 3.63) is 70.8 Å². The van der Waals surface area contributed by atoms with Crippen molar-refractivity contribution >= 4 is 11.8 Å². The van der Waals surface area contributed by atoms with Crippen LogP contribution >= 0.6 is 0 Å². The standard InChI is InChI=1S/C24H30N2O2/c1-3-6-18-9-11-19(12-10-18)20-13-15-21(16-14-20)23(27)25-26-24(28)22-8-5-4-7-17(22)2/h4-5,7-8,13-16,18-19H,3,6,9-12H2,1-2H3,(H,25,27)(H,26,28). The quantitative estimate of drug-likeness (QED) is 0.708. The van der Waals surface area contributed by atoms with Crippen LogP contribution in [-0.4, -0.2) is 11.8 Å². The molecule has 1 saturated carbocycles. The molecule has 2 aromatic carbocycles. The molecule has 0 unspecified atom stereocenters. The van der Waals surface area contributed by atoms with Gasteiger partial charge < -0.3 is 0 Å². The second-order valence-corrected chi connectivity index (χ2v) is 7.85. The first-order valence-corrected chi connectivity index (χ1v) is 10.3. The van der Waals surface area contributed by atoms with Crippen molar-refractivity contribution in [3.8, 4) is 0 Å². The Hall–Kier alpha value is -2.62. The molecule has 1 aliphatic rings. The summed E-state index contributed by atoms with van der Waals surface area (Å²) in [6, 6.07) is 15.1. The molecular weight excluding hydrogens is 348 g/mol. The molecular formula is C24H30N2O2. The van der Waals surface area contributed by atoms with Crippen molar-refractivity contribution in [1.82, 2.24) is 10.9 Å². The summed E-state index contributed by atoms with van der Waals surface area (Å²) in [5, 5.41) is 0. The molecule has 2 amide bonds. The third-order valence-electron chi connectivity index (χ3n) is 5.87. The molecule has 0 aromatic heterocycles. The summed E-state index contributed by atoms with van der Waals surface area (Å²) in [4.78, 5) is 24.6. The summed E-state index contributed by atoms with van der Waals surface area (Å²) in [7, 11) is 0. The van der Waals surface area contributed by atoms with Gasteiger partial charge in [-0.1, -0.05) is 50.1 Å². The third-order valence-corrected chi connectivity index (χ3v) is 5.87. The van der Waals surface area contributed by atoms with Gasteiger partial charge in [0.1, 0.15) is 0 Å². The molecule has 0 heterocycles. The fraction of sp³-hybridized carbons (Fsp3) is 0.417. The van der Waals surface area contributed by atoms with Crippen molar-refractivity contribution in [3.63, 3.8) is 0 Å². The fourth-order valence-electron chi connectivity index (χ4n) is 4.18. The van der Waals surface area contributed by atoms with Crippen molar-refractivity contribution in [2.45, 2.75) is 58.3 Å². The van der Waals surface area contributed by atoms with Crippen LogP contribution in [0, 0.1) is 12.8 Å². The number of hydrogen-bond donors (Lipinski definition) is 2. The molecule has 148 valence electrons. The van der Waals surface area contributed by atoms with Crippen LogP contribution in [0.1, 0.15) is 83.2 Å². The number of nitrogens with one attached hydrogen (secondary N) is 2. The van der Waals surface area contributed by atoms with E-state index in [-0.39, 0.29) is 11.8 Å². The highest BCUT2D eigenvalue weighted by Crippen LogP contribution is 2.37. The number of hydrazine groups is 1. The molecule has 0 aliphatic heterocycles. The van der Waals surface area contributed by atoms with E-state index >= 15 is 0 Å². The van der Waals surface area contributed by atoms with Crippen LogP contribution in [0.3, 0.4) is 0 Å². The summed E-state index contributed by atoms with van der Waals surface area (Å²) in [5.74, 6) is 0.876. The maximum atomic E-state index is 12.3. The number of aryl methyl sites for hydroxylation is 1. The molecule has 0 radical (unpaired) electrons. The van der Waals surface area contributed by atoms with Crippen molar-refractivity contribution in [2.24, 2.45) is 5.92 Å². The predicted molar refractivity (Wildman–Crippen MR) is 112 cm³/mol. The summed E-state index contributed by atoms with van der Waals surface area (Å²) < 4.78 is 0. The van der Waals surface area contributed by atoms with E-state index in [4.69, 9.17) is 0 Å². The minimum Gasteiger partial charge on any atom is -0.267 e. The Morgan fingerprint density at radius 1 is 0.893 bits per heavy atom. The van der Waals surface area contributed by atoms with Gasteiger partial charge in [-0.05, 0) is 73.8 Å². The maximum Gasteiger partial charge on any atom is 0.269 e. The van der Waals surface area contributed by atoms with Gasteiger partial charge in [0.2, 0.25) is 0 Å². The van der Waals surface area contributed by atoms with Gasteiger partial charge in [0.05, 0.1) is 0 Å². The number of carbonyl (C=O) groups is 2. The Kier molecular flexibility index (Phi) is 6.85. The van der Waals surface area contributed by atoms with Gasteiger partial charge in [0.25, 0.3) is 11.8 Å². The van der Waals surface area contributed by atoms with E-state index in [0.29, 0.717) is 17.0 Å². The van der Waals surface area contributed by atoms with E-state index in [2.05, 4.69) is 29.9 Å². The molecule has 2 aromatic rings. The maximum absolute atomic E-state index is 12.3. The first-order chi connectivity index (χ1) is 13.6. The zero-order valence-electron chi connectivity index (χ0n) is 16.8. The van der Waals surface area contributed by atoms with Crippen LogP contribution in [-0.2, 0) is 0 Å². The molecule has 0 saturated heterocycles. The highest BCUT2D eigenvalue weighted by Gasteiger charge is 2.22. The number of amides is 2. The van der Waals surface area contributed by atoms with Crippen LogP contribution in [0.15, 0.2) is 48.5 Å². The topological polar surface area (TPSA) is 58.2 Å². The minimum absolute atomic E-state index is 0.305. The zero-order valence-corrected chi connectivity index (χ0v) is 16.8. The average molecular weight is 379 g/mol. The second kappa shape index (κ2) is 9.54. The monoisotopic (exact) mass is 378 g/mol. The van der Waals surface area contributed by atoms with Gasteiger partial charge in [0.15, 0.2) is 0 Å². The van der Waals surface area contributed by atoms with Crippen LogP contribution in [0.4, 0.5) is 0 Å². The summed E-state index contributed by atoms with van der Waals surface area (Å²) >= 11 is 0. The molecule has 3 rings (SSSR count). The van der Waals surface area contributed by atoms with Crippen LogP contribution in [0.25, 0.3) is 0 Å². The number of benzene rings is 2. The Morgan fingerprint density at radius 3 is 2.18 bits per heavy atom. The molecule has 0 bridgehead atoms. The summed E-state index contributed by atoms with van der Waals surface area (Å²) in [6.45, 7) is 4.13. The molecule has 4 nitrogen and oxygen atoms in total. The molecule has 2 N–H and O–H groups in total. The SMILES string of the molecule is CCCC1CCC(c2ccc(C(=O)NNC(=O)c3ccccc3C)cc2)CC1. The summed E-state index contributed by atoms with van der Waals surface area (Å²) in [5.41, 5.74) is 8.28. The Morgan fingerprint density at radius 2 is 1.54 bits per heavy atom. The third kappa shape index (κ3) is 5.00. The van der Waals surface area contributed by atoms with Crippen LogP contribution in [0.2, 0.25) is 0 Å². The molecule has 28 heavy (non-hydrogen) atoms. The van der Waals surface area contributed by atoms with Gasteiger partial charge in [-0.25, -0.2) is 0 Å². The van der Waals surface area contributed by atoms with Crippen molar-refractivity contribution in [2.75, 3.05) is 0 Å². The van der Waals surface area contributed by atoms with Gasteiger partial charge in [-0.15, -0.1) is 0 Å². The van der Waals surface area contributed by atoms with Crippen LogP contribution in [0.5, 0.6) is 0 Å². The lowest BCUT2D eigenvalue weighted by Gasteiger charge is -2.28. The number of hydrogen-bond acceptors (Lipinski definition) is 2. The molecule has 1 aliphatic carbocycles. The van der Waals surface area contributed by atoms with Gasteiger partial charge in [0, 0.05) is 11.1 Å². The van der Waals surface area contributed by atoms with E-state index in [9.17, 15) is 9.59 Å². The first-order valence-electron chi connectivity index (χ1n) is 10.3. The Labute approximate surface area is 167 Å². The van der Waals surface area contributed by atoms with Crippen molar-refractivity contribution in [1.29, 1.82) is 0 Å². The molecule has 0 spiro atoms. The highest BCUT2D eigenvalue weighted by molar-refractivity contribution is 5.99. The lowest BCUT2D eigenvalue weighted by molar-refractivity contribution is 0.0846. The smallest absolute Gasteiger partial charge is 0.267 e. The molecule has 1 fully saturated rings. The second-order valence-electron chi connectivity index (χ2n) is 7.85. The predicted octanol–water partition coefficient (Wildman–Crippen LogP) is 5.14. The largest absolute Gasteiger partial charge is 0.269 e. The Bertz CT molecular complexity index is 806. The number of rotatable bonds is 5.